The summed E-state index contributed by atoms with van der Waals surface area (Å²) in [5.74, 6) is -0.103. The molecule has 0 bridgehead atoms. The van der Waals surface area contributed by atoms with Gasteiger partial charge in [0.25, 0.3) is 5.91 Å². The van der Waals surface area contributed by atoms with Gasteiger partial charge < -0.3 is 10.2 Å². The zero-order chi connectivity index (χ0) is 16.7. The van der Waals surface area contributed by atoms with E-state index in [2.05, 4.69) is 17.4 Å². The average Bonchev–Trinajstić information content (AvgIpc) is 3.10. The van der Waals surface area contributed by atoms with E-state index in [1.165, 1.54) is 16.2 Å². The zero-order valence-electron chi connectivity index (χ0n) is 13.2. The van der Waals surface area contributed by atoms with Crippen LogP contribution in [-0.2, 0) is 11.3 Å². The molecule has 0 aliphatic heterocycles. The van der Waals surface area contributed by atoms with Gasteiger partial charge in [-0.2, -0.15) is 0 Å². The Bertz CT molecular complexity index is 639. The molecular weight excluding hydrogens is 328 g/mol. The van der Waals surface area contributed by atoms with Crippen molar-refractivity contribution in [2.75, 3.05) is 19.8 Å². The Morgan fingerprint density at radius 1 is 1.22 bits per heavy atom. The first kappa shape index (κ1) is 17.6. The third kappa shape index (κ3) is 5.41. The van der Waals surface area contributed by atoms with Gasteiger partial charge in [-0.05, 0) is 35.4 Å². The van der Waals surface area contributed by atoms with Crippen LogP contribution in [0.1, 0.15) is 21.7 Å². The molecule has 4 nitrogen and oxygen atoms in total. The molecule has 0 unspecified atom stereocenters. The van der Waals surface area contributed by atoms with Crippen LogP contribution in [0.15, 0.2) is 46.7 Å². The first-order valence-electron chi connectivity index (χ1n) is 7.28. The third-order valence-corrected chi connectivity index (χ3v) is 4.99. The Morgan fingerprint density at radius 3 is 2.57 bits per heavy atom. The number of nitrogens with one attached hydrogen (secondary N) is 1. The Kier molecular flexibility index (Phi) is 6.67. The molecular formula is C17H20N2O2S2. The van der Waals surface area contributed by atoms with E-state index in [-0.39, 0.29) is 11.8 Å². The number of thiophene rings is 1. The number of rotatable bonds is 7. The fourth-order valence-corrected chi connectivity index (χ4v) is 3.11. The van der Waals surface area contributed by atoms with E-state index in [0.717, 1.165) is 5.56 Å². The second-order valence-electron chi connectivity index (χ2n) is 5.08. The molecule has 23 heavy (non-hydrogen) atoms. The van der Waals surface area contributed by atoms with Gasteiger partial charge in [0.15, 0.2) is 0 Å². The van der Waals surface area contributed by atoms with Crippen LogP contribution in [0.25, 0.3) is 0 Å². The van der Waals surface area contributed by atoms with Gasteiger partial charge in [0.05, 0.1) is 4.88 Å². The molecule has 0 aliphatic carbocycles. The molecule has 2 amide bonds. The van der Waals surface area contributed by atoms with Crippen molar-refractivity contribution in [3.05, 3.63) is 52.2 Å². The molecule has 0 spiro atoms. The summed E-state index contributed by atoms with van der Waals surface area (Å²) in [5.41, 5.74) is 1.10. The Hall–Kier alpha value is -1.79. The van der Waals surface area contributed by atoms with Crippen LogP contribution in [0, 0.1) is 0 Å². The number of hydrogen-bond acceptors (Lipinski definition) is 4. The van der Waals surface area contributed by atoms with E-state index < -0.39 is 0 Å². The summed E-state index contributed by atoms with van der Waals surface area (Å²) in [4.78, 5) is 27.5. The summed E-state index contributed by atoms with van der Waals surface area (Å²) < 4.78 is 0. The highest BCUT2D eigenvalue weighted by molar-refractivity contribution is 7.98. The van der Waals surface area contributed by atoms with E-state index in [1.807, 2.05) is 29.8 Å². The van der Waals surface area contributed by atoms with E-state index in [0.29, 0.717) is 24.4 Å². The molecule has 1 heterocycles. The van der Waals surface area contributed by atoms with E-state index in [1.54, 1.807) is 29.8 Å². The maximum absolute atomic E-state index is 12.1. The first-order chi connectivity index (χ1) is 11.1. The third-order valence-electron chi connectivity index (χ3n) is 3.37. The van der Waals surface area contributed by atoms with Crippen molar-refractivity contribution < 1.29 is 9.59 Å². The summed E-state index contributed by atoms with van der Waals surface area (Å²) in [6, 6.07) is 11.8. The minimum atomic E-state index is -0.122. The summed E-state index contributed by atoms with van der Waals surface area (Å²) in [5, 5.41) is 4.63. The second kappa shape index (κ2) is 8.74. The summed E-state index contributed by atoms with van der Waals surface area (Å²) >= 11 is 3.09. The topological polar surface area (TPSA) is 49.4 Å². The number of benzene rings is 1. The maximum atomic E-state index is 12.1. The number of carbonyl (C=O) groups is 2. The van der Waals surface area contributed by atoms with Gasteiger partial charge in [0.1, 0.15) is 0 Å². The lowest BCUT2D eigenvalue weighted by atomic mass is 10.2. The fourth-order valence-electron chi connectivity index (χ4n) is 2.06. The number of carbonyl (C=O) groups excluding carboxylic acids is 2. The molecule has 0 saturated carbocycles. The van der Waals surface area contributed by atoms with Gasteiger partial charge in [-0.3, -0.25) is 9.59 Å². The number of hydrogen-bond donors (Lipinski definition) is 1. The molecule has 0 aliphatic rings. The molecule has 0 atom stereocenters. The minimum Gasteiger partial charge on any atom is -0.351 e. The van der Waals surface area contributed by atoms with E-state index in [4.69, 9.17) is 0 Å². The van der Waals surface area contributed by atoms with Crippen molar-refractivity contribution in [1.29, 1.82) is 0 Å². The maximum Gasteiger partial charge on any atom is 0.261 e. The van der Waals surface area contributed by atoms with Crippen LogP contribution in [0.3, 0.4) is 0 Å². The summed E-state index contributed by atoms with van der Waals surface area (Å²) in [6.07, 6.45) is 2.34. The van der Waals surface area contributed by atoms with Crippen molar-refractivity contribution >= 4 is 34.9 Å². The number of nitrogens with zero attached hydrogens (tertiary/aromatic N) is 1. The highest BCUT2D eigenvalue weighted by Crippen LogP contribution is 2.15. The molecule has 2 aromatic rings. The van der Waals surface area contributed by atoms with Crippen LogP contribution < -0.4 is 5.32 Å². The van der Waals surface area contributed by atoms with Crippen LogP contribution in [0.4, 0.5) is 0 Å². The predicted octanol–water partition coefficient (Wildman–Crippen LogP) is 3.25. The van der Waals surface area contributed by atoms with E-state index >= 15 is 0 Å². The lowest BCUT2D eigenvalue weighted by Gasteiger charge is -2.17. The predicted molar refractivity (Wildman–Crippen MR) is 96.0 cm³/mol. The molecule has 6 heteroatoms. The van der Waals surface area contributed by atoms with Gasteiger partial charge in [-0.1, -0.05) is 18.2 Å². The standard InChI is InChI=1S/C17H20N2O2S2/c1-19(12-13-5-7-14(22-2)8-6-13)16(20)9-10-18-17(21)15-4-3-11-23-15/h3-8,11H,9-10,12H2,1-2H3,(H,18,21). The van der Waals surface area contributed by atoms with Gasteiger partial charge >= 0.3 is 0 Å². The summed E-state index contributed by atoms with van der Waals surface area (Å²) in [6.45, 7) is 0.928. The molecule has 0 fully saturated rings. The van der Waals surface area contributed by atoms with Gasteiger partial charge in [-0.25, -0.2) is 0 Å². The Balaban J connectivity index is 1.75. The van der Waals surface area contributed by atoms with Gasteiger partial charge in [0, 0.05) is 31.5 Å². The highest BCUT2D eigenvalue weighted by atomic mass is 32.2. The highest BCUT2D eigenvalue weighted by Gasteiger charge is 2.11. The van der Waals surface area contributed by atoms with Crippen molar-refractivity contribution in [2.45, 2.75) is 17.9 Å². The quantitative estimate of drug-likeness (QED) is 0.782. The first-order valence-corrected chi connectivity index (χ1v) is 9.39. The lowest BCUT2D eigenvalue weighted by Crippen LogP contribution is -2.31. The molecule has 2 rings (SSSR count). The number of thioether (sulfide) groups is 1. The Labute approximate surface area is 144 Å². The smallest absolute Gasteiger partial charge is 0.261 e. The van der Waals surface area contributed by atoms with Crippen molar-refractivity contribution in [1.82, 2.24) is 10.2 Å². The SMILES string of the molecule is CSc1ccc(CN(C)C(=O)CCNC(=O)c2cccs2)cc1. The normalized spacial score (nSPS) is 10.3. The van der Waals surface area contributed by atoms with Crippen molar-refractivity contribution in [2.24, 2.45) is 0 Å². The molecule has 1 aromatic carbocycles. The zero-order valence-corrected chi connectivity index (χ0v) is 14.9. The molecule has 0 saturated heterocycles. The van der Waals surface area contributed by atoms with Crippen LogP contribution in [0.5, 0.6) is 0 Å². The van der Waals surface area contributed by atoms with Crippen LogP contribution in [0.2, 0.25) is 0 Å². The fraction of sp³-hybridized carbons (Fsp3) is 0.294. The average molecular weight is 348 g/mol. The van der Waals surface area contributed by atoms with Gasteiger partial charge in [-0.15, -0.1) is 23.1 Å². The minimum absolute atomic E-state index is 0.0189. The van der Waals surface area contributed by atoms with Gasteiger partial charge in [0.2, 0.25) is 5.91 Å². The van der Waals surface area contributed by atoms with Crippen molar-refractivity contribution in [3.8, 4) is 0 Å². The molecule has 1 N–H and O–H groups in total. The molecule has 122 valence electrons. The monoisotopic (exact) mass is 348 g/mol. The van der Waals surface area contributed by atoms with Crippen LogP contribution >= 0.6 is 23.1 Å². The molecule has 0 radical (unpaired) electrons. The second-order valence-corrected chi connectivity index (χ2v) is 6.91. The van der Waals surface area contributed by atoms with Crippen LogP contribution in [-0.4, -0.2) is 36.6 Å². The Morgan fingerprint density at radius 2 is 1.96 bits per heavy atom. The lowest BCUT2D eigenvalue weighted by molar-refractivity contribution is -0.130. The van der Waals surface area contributed by atoms with E-state index in [9.17, 15) is 9.59 Å². The van der Waals surface area contributed by atoms with Crippen molar-refractivity contribution in [3.63, 3.8) is 0 Å². The summed E-state index contributed by atoms with van der Waals surface area (Å²) in [7, 11) is 1.78. The molecule has 1 aromatic heterocycles. The number of amides is 2. The largest absolute Gasteiger partial charge is 0.351 e.